The summed E-state index contributed by atoms with van der Waals surface area (Å²) in [6, 6.07) is 8.57. The van der Waals surface area contributed by atoms with Crippen LogP contribution in [0.2, 0.25) is 0 Å². The van der Waals surface area contributed by atoms with Crippen LogP contribution in [0.3, 0.4) is 0 Å². The molecule has 5 nitrogen and oxygen atoms in total. The number of hydrogen-bond donors (Lipinski definition) is 0. The smallest absolute Gasteiger partial charge is 0.248 e. The third-order valence-electron chi connectivity index (χ3n) is 5.87. The molecule has 1 heterocycles. The highest BCUT2D eigenvalue weighted by molar-refractivity contribution is 5.78. The minimum absolute atomic E-state index is 0.0722. The molecule has 1 atom stereocenters. The Labute approximate surface area is 149 Å². The van der Waals surface area contributed by atoms with Gasteiger partial charge in [0.1, 0.15) is 6.61 Å². The van der Waals surface area contributed by atoms with Gasteiger partial charge in [0, 0.05) is 40.7 Å². The quantitative estimate of drug-likeness (QED) is 0.841. The van der Waals surface area contributed by atoms with Gasteiger partial charge in [0.2, 0.25) is 11.8 Å². The summed E-state index contributed by atoms with van der Waals surface area (Å²) >= 11 is 0. The molecule has 2 aliphatic rings. The first-order valence-electron chi connectivity index (χ1n) is 9.03. The van der Waals surface area contributed by atoms with Gasteiger partial charge in [-0.3, -0.25) is 9.59 Å². The molecule has 0 radical (unpaired) electrons. The summed E-state index contributed by atoms with van der Waals surface area (Å²) in [5.41, 5.74) is 2.83. The first-order valence-corrected chi connectivity index (χ1v) is 9.03. The second kappa shape index (κ2) is 7.16. The van der Waals surface area contributed by atoms with E-state index in [0.717, 1.165) is 32.4 Å². The van der Waals surface area contributed by atoms with Crippen molar-refractivity contribution in [1.29, 1.82) is 0 Å². The number of piperidine rings is 1. The van der Waals surface area contributed by atoms with E-state index >= 15 is 0 Å². The summed E-state index contributed by atoms with van der Waals surface area (Å²) in [5, 5.41) is 0. The Morgan fingerprint density at radius 1 is 1.24 bits per heavy atom. The van der Waals surface area contributed by atoms with Gasteiger partial charge in [-0.1, -0.05) is 24.3 Å². The molecule has 3 rings (SSSR count). The monoisotopic (exact) mass is 344 g/mol. The van der Waals surface area contributed by atoms with E-state index in [4.69, 9.17) is 4.74 Å². The molecule has 25 heavy (non-hydrogen) atoms. The zero-order valence-electron chi connectivity index (χ0n) is 15.5. The second-order valence-electron chi connectivity index (χ2n) is 7.57. The van der Waals surface area contributed by atoms with Gasteiger partial charge in [-0.15, -0.1) is 0 Å². The van der Waals surface area contributed by atoms with Gasteiger partial charge in [-0.2, -0.15) is 0 Å². The van der Waals surface area contributed by atoms with E-state index in [1.165, 1.54) is 11.1 Å². The number of benzene rings is 1. The molecular formula is C20H28N2O3. The fourth-order valence-electron chi connectivity index (χ4n) is 4.48. The van der Waals surface area contributed by atoms with Crippen molar-refractivity contribution in [3.05, 3.63) is 35.4 Å². The van der Waals surface area contributed by atoms with Crippen LogP contribution >= 0.6 is 0 Å². The minimum Gasteiger partial charge on any atom is -0.375 e. The third-order valence-corrected chi connectivity index (χ3v) is 5.87. The predicted octanol–water partition coefficient (Wildman–Crippen LogP) is 2.16. The molecule has 1 aliphatic carbocycles. The molecule has 1 spiro atoms. The number of nitrogens with zero attached hydrogens (tertiary/aromatic N) is 2. The highest BCUT2D eigenvalue weighted by atomic mass is 16.5. The summed E-state index contributed by atoms with van der Waals surface area (Å²) in [5.74, 6) is 0.542. The van der Waals surface area contributed by atoms with Crippen LogP contribution < -0.4 is 0 Å². The molecule has 0 bridgehead atoms. The Morgan fingerprint density at radius 2 is 1.92 bits per heavy atom. The van der Waals surface area contributed by atoms with Crippen molar-refractivity contribution in [2.24, 2.45) is 0 Å². The molecule has 1 aliphatic heterocycles. The largest absolute Gasteiger partial charge is 0.375 e. The number of rotatable bonds is 4. The van der Waals surface area contributed by atoms with Crippen molar-refractivity contribution in [2.45, 2.75) is 37.0 Å². The fraction of sp³-hybridized carbons (Fsp3) is 0.600. The van der Waals surface area contributed by atoms with E-state index in [2.05, 4.69) is 24.3 Å². The van der Waals surface area contributed by atoms with Crippen LogP contribution in [0.25, 0.3) is 0 Å². The van der Waals surface area contributed by atoms with Crippen LogP contribution in [0.5, 0.6) is 0 Å². The van der Waals surface area contributed by atoms with Gasteiger partial charge in [-0.25, -0.2) is 0 Å². The normalized spacial score (nSPS) is 21.2. The Hall–Kier alpha value is -1.88. The number of likely N-dealkylation sites (tertiary alicyclic amines) is 1. The van der Waals surface area contributed by atoms with E-state index < -0.39 is 0 Å². The predicted molar refractivity (Wildman–Crippen MR) is 96.5 cm³/mol. The molecule has 1 fully saturated rings. The van der Waals surface area contributed by atoms with Crippen molar-refractivity contribution in [3.63, 3.8) is 0 Å². The number of carbonyl (C=O) groups excluding carboxylic acids is 2. The maximum absolute atomic E-state index is 12.3. The topological polar surface area (TPSA) is 49.9 Å². The van der Waals surface area contributed by atoms with Gasteiger partial charge < -0.3 is 14.5 Å². The average Bonchev–Trinajstić information content (AvgIpc) is 2.89. The third kappa shape index (κ3) is 3.43. The SMILES string of the molecule is COCC(=O)N1CCC2(CC1)CC(CC(=O)N(C)C)c1ccccc12. The molecule has 0 aromatic heterocycles. The van der Waals surface area contributed by atoms with E-state index in [0.29, 0.717) is 6.42 Å². The zero-order chi connectivity index (χ0) is 18.0. The summed E-state index contributed by atoms with van der Waals surface area (Å²) in [4.78, 5) is 27.9. The lowest BCUT2D eigenvalue weighted by molar-refractivity contribution is -0.136. The second-order valence-corrected chi connectivity index (χ2v) is 7.57. The number of carbonyl (C=O) groups is 2. The molecule has 136 valence electrons. The highest BCUT2D eigenvalue weighted by Gasteiger charge is 2.46. The van der Waals surface area contributed by atoms with Crippen molar-refractivity contribution >= 4 is 11.8 Å². The lowest BCUT2D eigenvalue weighted by Gasteiger charge is -2.40. The van der Waals surface area contributed by atoms with Crippen molar-refractivity contribution in [3.8, 4) is 0 Å². The van der Waals surface area contributed by atoms with Crippen molar-refractivity contribution in [1.82, 2.24) is 9.80 Å². The number of ether oxygens (including phenoxy) is 1. The van der Waals surface area contributed by atoms with Crippen LogP contribution in [-0.4, -0.2) is 62.5 Å². The molecular weight excluding hydrogens is 316 g/mol. The number of fused-ring (bicyclic) bond motifs is 2. The van der Waals surface area contributed by atoms with Crippen molar-refractivity contribution < 1.29 is 14.3 Å². The Bertz CT molecular complexity index is 648. The van der Waals surface area contributed by atoms with Crippen LogP contribution in [0.1, 0.15) is 42.7 Å². The average molecular weight is 344 g/mol. The Morgan fingerprint density at radius 3 is 2.56 bits per heavy atom. The molecule has 2 amide bonds. The maximum atomic E-state index is 12.3. The number of hydrogen-bond acceptors (Lipinski definition) is 3. The van der Waals surface area contributed by atoms with E-state index in [1.54, 1.807) is 12.0 Å². The van der Waals surface area contributed by atoms with Crippen LogP contribution in [-0.2, 0) is 19.7 Å². The fourth-order valence-corrected chi connectivity index (χ4v) is 4.48. The number of methoxy groups -OCH3 is 1. The maximum Gasteiger partial charge on any atom is 0.248 e. The lowest BCUT2D eigenvalue weighted by Crippen LogP contribution is -2.45. The van der Waals surface area contributed by atoms with Gasteiger partial charge in [0.15, 0.2) is 0 Å². The molecule has 0 N–H and O–H groups in total. The van der Waals surface area contributed by atoms with E-state index in [-0.39, 0.29) is 29.8 Å². The van der Waals surface area contributed by atoms with Crippen LogP contribution in [0, 0.1) is 0 Å². The van der Waals surface area contributed by atoms with Crippen LogP contribution in [0.15, 0.2) is 24.3 Å². The summed E-state index contributed by atoms with van der Waals surface area (Å²) in [6.07, 6.45) is 3.51. The molecule has 1 unspecified atom stereocenters. The first kappa shape index (κ1) is 17.9. The van der Waals surface area contributed by atoms with Crippen LogP contribution in [0.4, 0.5) is 0 Å². The number of amides is 2. The van der Waals surface area contributed by atoms with Crippen molar-refractivity contribution in [2.75, 3.05) is 40.9 Å². The summed E-state index contributed by atoms with van der Waals surface area (Å²) in [6.45, 7) is 1.69. The van der Waals surface area contributed by atoms with Gasteiger partial charge >= 0.3 is 0 Å². The molecule has 5 heteroatoms. The van der Waals surface area contributed by atoms with Gasteiger partial charge in [0.05, 0.1) is 0 Å². The van der Waals surface area contributed by atoms with Gasteiger partial charge in [-0.05, 0) is 41.7 Å². The molecule has 1 saturated heterocycles. The summed E-state index contributed by atoms with van der Waals surface area (Å²) in [7, 11) is 5.20. The Kier molecular flexibility index (Phi) is 5.13. The standard InChI is InChI=1S/C20H28N2O3/c1-21(2)18(23)12-15-13-20(17-7-5-4-6-16(15)17)8-10-22(11-9-20)19(24)14-25-3/h4-7,15H,8-14H2,1-3H3. The van der Waals surface area contributed by atoms with Gasteiger partial charge in [0.25, 0.3) is 0 Å². The lowest BCUT2D eigenvalue weighted by atomic mass is 9.73. The molecule has 1 aromatic rings. The zero-order valence-corrected chi connectivity index (χ0v) is 15.5. The minimum atomic E-state index is 0.0722. The molecule has 0 saturated carbocycles. The van der Waals surface area contributed by atoms with E-state index in [1.807, 2.05) is 19.0 Å². The molecule has 1 aromatic carbocycles. The first-order chi connectivity index (χ1) is 12.0. The highest BCUT2D eigenvalue weighted by Crippen LogP contribution is 2.52. The Balaban J connectivity index is 1.77. The van der Waals surface area contributed by atoms with E-state index in [9.17, 15) is 9.59 Å². The summed E-state index contributed by atoms with van der Waals surface area (Å²) < 4.78 is 4.98.